The van der Waals surface area contributed by atoms with Crippen molar-refractivity contribution in [2.24, 2.45) is 0 Å². The number of H-pyrrole nitrogens is 1. The Hall–Kier alpha value is -2.88. The van der Waals surface area contributed by atoms with Crippen LogP contribution in [0.25, 0.3) is 10.9 Å². The summed E-state index contributed by atoms with van der Waals surface area (Å²) in [7, 11) is -3.10. The largest absolute Gasteiger partial charge is 0.361 e. The molecule has 1 saturated heterocycles. The molecule has 1 aliphatic heterocycles. The van der Waals surface area contributed by atoms with Crippen molar-refractivity contribution in [2.45, 2.75) is 38.8 Å². The zero-order chi connectivity index (χ0) is 22.0. The van der Waals surface area contributed by atoms with Gasteiger partial charge in [0.25, 0.3) is 0 Å². The van der Waals surface area contributed by atoms with Crippen LogP contribution in [-0.2, 0) is 27.6 Å². The maximum Gasteiger partial charge on any atom is 0.227 e. The number of carbonyl (C=O) groups excluding carboxylic acids is 1. The molecule has 3 heterocycles. The zero-order valence-corrected chi connectivity index (χ0v) is 18.7. The van der Waals surface area contributed by atoms with Crippen LogP contribution in [0.15, 0.2) is 30.5 Å². The van der Waals surface area contributed by atoms with E-state index in [9.17, 15) is 13.2 Å². The maximum absolute atomic E-state index is 11.8. The highest BCUT2D eigenvalue weighted by atomic mass is 32.2. The van der Waals surface area contributed by atoms with Crippen molar-refractivity contribution in [3.05, 3.63) is 41.9 Å². The molecule has 2 N–H and O–H groups in total. The first-order valence-electron chi connectivity index (χ1n) is 10.5. The molecule has 31 heavy (non-hydrogen) atoms. The number of benzene rings is 1. The van der Waals surface area contributed by atoms with Crippen molar-refractivity contribution in [2.75, 3.05) is 30.0 Å². The van der Waals surface area contributed by atoms with Crippen LogP contribution in [-0.4, -0.2) is 59.2 Å². The lowest BCUT2D eigenvalue weighted by Gasteiger charge is -2.23. The average molecular weight is 445 g/mol. The standard InChI is InChI=1S/C21H28N6O3S/c1-3-26(12-13-31(2,29)30)21-25-24-20(18-6-7-19(28)23-18)27(21)11-9-15-4-5-17-16(14-15)8-10-22-17/h4-5,8,10,14,18,22H,3,6-7,9,11-13H2,1-2H3,(H,23,28). The number of aryl methyl sites for hydroxylation is 1. The van der Waals surface area contributed by atoms with E-state index in [1.54, 1.807) is 0 Å². The number of anilines is 1. The smallest absolute Gasteiger partial charge is 0.227 e. The summed E-state index contributed by atoms with van der Waals surface area (Å²) in [6.45, 7) is 3.56. The highest BCUT2D eigenvalue weighted by Crippen LogP contribution is 2.26. The van der Waals surface area contributed by atoms with Gasteiger partial charge in [-0.05, 0) is 48.9 Å². The quantitative estimate of drug-likeness (QED) is 0.521. The third-order valence-electron chi connectivity index (χ3n) is 5.71. The highest BCUT2D eigenvalue weighted by Gasteiger charge is 2.29. The molecule has 1 amide bonds. The van der Waals surface area contributed by atoms with Crippen LogP contribution in [0.5, 0.6) is 0 Å². The first-order valence-corrected chi connectivity index (χ1v) is 12.6. The van der Waals surface area contributed by atoms with E-state index in [0.717, 1.165) is 23.1 Å². The second-order valence-corrected chi connectivity index (χ2v) is 10.3. The van der Waals surface area contributed by atoms with Crippen LogP contribution < -0.4 is 10.2 Å². The van der Waals surface area contributed by atoms with E-state index in [4.69, 9.17) is 0 Å². The molecular weight excluding hydrogens is 416 g/mol. The molecule has 1 aliphatic rings. The average Bonchev–Trinajstić information content (AvgIpc) is 3.45. The van der Waals surface area contributed by atoms with Crippen molar-refractivity contribution in [3.8, 4) is 0 Å². The van der Waals surface area contributed by atoms with Gasteiger partial charge in [0.15, 0.2) is 5.82 Å². The monoisotopic (exact) mass is 444 g/mol. The number of aromatic amines is 1. The number of sulfone groups is 1. The second-order valence-electron chi connectivity index (χ2n) is 8.03. The van der Waals surface area contributed by atoms with Crippen LogP contribution in [0, 0.1) is 0 Å². The first-order chi connectivity index (χ1) is 14.8. The fourth-order valence-corrected chi connectivity index (χ4v) is 4.55. The van der Waals surface area contributed by atoms with Crippen molar-refractivity contribution in [1.82, 2.24) is 25.1 Å². The fourth-order valence-electron chi connectivity index (χ4n) is 4.00. The minimum atomic E-state index is -3.10. The van der Waals surface area contributed by atoms with Crippen LogP contribution in [0.3, 0.4) is 0 Å². The Bertz CT molecular complexity index is 1180. The molecule has 0 spiro atoms. The Morgan fingerprint density at radius 1 is 1.26 bits per heavy atom. The molecule has 1 fully saturated rings. The first kappa shape index (κ1) is 21.4. The van der Waals surface area contributed by atoms with Gasteiger partial charge in [-0.3, -0.25) is 9.36 Å². The van der Waals surface area contributed by atoms with Gasteiger partial charge >= 0.3 is 0 Å². The third kappa shape index (κ3) is 4.90. The SMILES string of the molecule is CCN(CCS(C)(=O)=O)c1nnc(C2CCC(=O)N2)n1CCc1ccc2[nH]ccc2c1. The maximum atomic E-state index is 11.8. The van der Waals surface area contributed by atoms with Gasteiger partial charge < -0.3 is 15.2 Å². The minimum Gasteiger partial charge on any atom is -0.361 e. The number of aromatic nitrogens is 4. The second kappa shape index (κ2) is 8.70. The number of hydrogen-bond donors (Lipinski definition) is 2. The van der Waals surface area contributed by atoms with Gasteiger partial charge in [-0.1, -0.05) is 6.07 Å². The molecule has 1 aromatic carbocycles. The van der Waals surface area contributed by atoms with E-state index >= 15 is 0 Å². The van der Waals surface area contributed by atoms with Gasteiger partial charge in [-0.25, -0.2) is 8.42 Å². The van der Waals surface area contributed by atoms with Gasteiger partial charge in [0.1, 0.15) is 9.84 Å². The van der Waals surface area contributed by atoms with Gasteiger partial charge in [0.2, 0.25) is 11.9 Å². The summed E-state index contributed by atoms with van der Waals surface area (Å²) in [4.78, 5) is 16.9. The van der Waals surface area contributed by atoms with Crippen molar-refractivity contribution < 1.29 is 13.2 Å². The topological polar surface area (TPSA) is 113 Å². The molecule has 4 rings (SSSR count). The number of fused-ring (bicyclic) bond motifs is 1. The summed E-state index contributed by atoms with van der Waals surface area (Å²) in [5.74, 6) is 1.43. The summed E-state index contributed by atoms with van der Waals surface area (Å²) in [5, 5.41) is 12.9. The number of carbonyl (C=O) groups is 1. The van der Waals surface area contributed by atoms with E-state index in [2.05, 4.69) is 38.7 Å². The number of nitrogens with zero attached hydrogens (tertiary/aromatic N) is 4. The number of hydrogen-bond acceptors (Lipinski definition) is 6. The van der Waals surface area contributed by atoms with Gasteiger partial charge in [-0.15, -0.1) is 10.2 Å². The summed E-state index contributed by atoms with van der Waals surface area (Å²) in [6, 6.07) is 8.21. The van der Waals surface area contributed by atoms with Gasteiger partial charge in [0.05, 0.1) is 11.8 Å². The normalized spacial score (nSPS) is 16.7. The number of rotatable bonds is 9. The summed E-state index contributed by atoms with van der Waals surface area (Å²) in [6.07, 6.45) is 5.09. The molecule has 0 saturated carbocycles. The predicted molar refractivity (Wildman–Crippen MR) is 120 cm³/mol. The zero-order valence-electron chi connectivity index (χ0n) is 17.8. The summed E-state index contributed by atoms with van der Waals surface area (Å²) in [5.41, 5.74) is 2.29. The molecule has 166 valence electrons. The van der Waals surface area contributed by atoms with Crippen LogP contribution in [0.4, 0.5) is 5.95 Å². The molecule has 2 aromatic heterocycles. The van der Waals surface area contributed by atoms with Crippen molar-refractivity contribution >= 4 is 32.6 Å². The van der Waals surface area contributed by atoms with Gasteiger partial charge in [0, 0.05) is 44.0 Å². The molecule has 0 aliphatic carbocycles. The number of amides is 1. The molecule has 1 unspecified atom stereocenters. The van der Waals surface area contributed by atoms with E-state index in [1.165, 1.54) is 11.8 Å². The Balaban J connectivity index is 1.61. The molecule has 0 bridgehead atoms. The molecule has 10 heteroatoms. The fraction of sp³-hybridized carbons (Fsp3) is 0.476. The van der Waals surface area contributed by atoms with E-state index in [-0.39, 0.29) is 17.7 Å². The lowest BCUT2D eigenvalue weighted by Crippen LogP contribution is -2.32. The molecule has 3 aromatic rings. The lowest BCUT2D eigenvalue weighted by molar-refractivity contribution is -0.119. The van der Waals surface area contributed by atoms with Crippen LogP contribution in [0.1, 0.15) is 37.2 Å². The summed E-state index contributed by atoms with van der Waals surface area (Å²) >= 11 is 0. The highest BCUT2D eigenvalue weighted by molar-refractivity contribution is 7.90. The Labute approximate surface area is 181 Å². The van der Waals surface area contributed by atoms with Crippen LogP contribution in [0.2, 0.25) is 0 Å². The predicted octanol–water partition coefficient (Wildman–Crippen LogP) is 1.82. The Morgan fingerprint density at radius 2 is 2.10 bits per heavy atom. The van der Waals surface area contributed by atoms with Crippen molar-refractivity contribution in [3.63, 3.8) is 0 Å². The van der Waals surface area contributed by atoms with Crippen LogP contribution >= 0.6 is 0 Å². The lowest BCUT2D eigenvalue weighted by atomic mass is 10.1. The third-order valence-corrected chi connectivity index (χ3v) is 6.63. The van der Waals surface area contributed by atoms with E-state index in [1.807, 2.05) is 28.7 Å². The number of nitrogens with one attached hydrogen (secondary N) is 2. The molecular formula is C21H28N6O3S. The van der Waals surface area contributed by atoms with Crippen molar-refractivity contribution in [1.29, 1.82) is 0 Å². The van der Waals surface area contributed by atoms with E-state index in [0.29, 0.717) is 38.4 Å². The molecule has 9 nitrogen and oxygen atoms in total. The summed E-state index contributed by atoms with van der Waals surface area (Å²) < 4.78 is 25.4. The molecule has 1 atom stereocenters. The Kier molecular flexibility index (Phi) is 5.99. The van der Waals surface area contributed by atoms with E-state index < -0.39 is 9.84 Å². The molecule has 0 radical (unpaired) electrons. The minimum absolute atomic E-state index is 0.0171. The Morgan fingerprint density at radius 3 is 2.81 bits per heavy atom. The van der Waals surface area contributed by atoms with Gasteiger partial charge in [-0.2, -0.15) is 0 Å².